The Balaban J connectivity index is 0.00000176. The number of benzene rings is 1. The molecule has 6 heteroatoms. The molecule has 2 heterocycles. The van der Waals surface area contributed by atoms with Crippen molar-refractivity contribution in [2.45, 2.75) is 44.4 Å². The van der Waals surface area contributed by atoms with Gasteiger partial charge in [0, 0.05) is 23.1 Å². The molecule has 0 spiro atoms. The average molecular weight is 390 g/mol. The van der Waals surface area contributed by atoms with E-state index in [2.05, 4.69) is 26.1 Å². The minimum Gasteiger partial charge on any atom is -0.481 e. The fraction of sp³-hybridized carbons (Fsp3) is 0.562. The van der Waals surface area contributed by atoms with Crippen molar-refractivity contribution in [1.82, 2.24) is 10.2 Å². The smallest absolute Gasteiger partial charge is 0.263 e. The highest BCUT2D eigenvalue weighted by Gasteiger charge is 2.40. The molecule has 2 aliphatic heterocycles. The molecule has 22 heavy (non-hydrogen) atoms. The fourth-order valence-corrected chi connectivity index (χ4v) is 3.58. The van der Waals surface area contributed by atoms with E-state index < -0.39 is 6.10 Å². The molecule has 1 amide bonds. The van der Waals surface area contributed by atoms with Crippen LogP contribution in [-0.2, 0) is 4.79 Å². The predicted octanol–water partition coefficient (Wildman–Crippen LogP) is 2.99. The topological polar surface area (TPSA) is 41.6 Å². The van der Waals surface area contributed by atoms with Crippen molar-refractivity contribution < 1.29 is 9.53 Å². The van der Waals surface area contributed by atoms with E-state index in [1.165, 1.54) is 0 Å². The van der Waals surface area contributed by atoms with Gasteiger partial charge in [0.1, 0.15) is 5.75 Å². The van der Waals surface area contributed by atoms with Gasteiger partial charge in [0.05, 0.1) is 0 Å². The second-order valence-corrected chi connectivity index (χ2v) is 6.75. The lowest BCUT2D eigenvalue weighted by Gasteiger charge is -2.30. The Hall–Kier alpha value is -0.780. The summed E-state index contributed by atoms with van der Waals surface area (Å²) in [4.78, 5) is 14.8. The SMILES string of the molecule is CC(Oc1ccc(Br)cc1)C(=O)N1C2CCNCC1CC2.Cl. The minimum atomic E-state index is -0.438. The third kappa shape index (κ3) is 3.76. The molecule has 0 aromatic heterocycles. The van der Waals surface area contributed by atoms with E-state index in [0.29, 0.717) is 12.1 Å². The van der Waals surface area contributed by atoms with Gasteiger partial charge in [-0.2, -0.15) is 0 Å². The van der Waals surface area contributed by atoms with Crippen molar-refractivity contribution in [3.8, 4) is 5.75 Å². The Labute approximate surface area is 146 Å². The summed E-state index contributed by atoms with van der Waals surface area (Å²) < 4.78 is 6.82. The lowest BCUT2D eigenvalue weighted by Crippen LogP contribution is -2.48. The first-order valence-electron chi connectivity index (χ1n) is 7.60. The van der Waals surface area contributed by atoms with Crippen LogP contribution in [0.25, 0.3) is 0 Å². The Kier molecular flexibility index (Phi) is 6.12. The molecule has 1 N–H and O–H groups in total. The third-order valence-electron chi connectivity index (χ3n) is 4.38. The number of carbonyl (C=O) groups is 1. The molecule has 2 aliphatic rings. The van der Waals surface area contributed by atoms with Gasteiger partial charge in [0.15, 0.2) is 6.10 Å². The number of nitrogens with zero attached hydrogens (tertiary/aromatic N) is 1. The molecule has 3 unspecified atom stereocenters. The number of hydrogen-bond donors (Lipinski definition) is 1. The first kappa shape index (κ1) is 17.6. The molecule has 1 aromatic carbocycles. The Bertz CT molecular complexity index is 497. The van der Waals surface area contributed by atoms with Crippen molar-refractivity contribution in [2.24, 2.45) is 0 Å². The van der Waals surface area contributed by atoms with Crippen molar-refractivity contribution >= 4 is 34.2 Å². The molecule has 122 valence electrons. The normalized spacial score (nSPS) is 25.1. The summed E-state index contributed by atoms with van der Waals surface area (Å²) in [5, 5.41) is 3.42. The number of ether oxygens (including phenoxy) is 1. The standard InChI is InChI=1S/C16H21BrN2O2.ClH/c1-11(21-15-6-2-12(17)3-7-15)16(20)19-13-4-5-14(19)10-18-9-8-13;/h2-3,6-7,11,13-14,18H,4-5,8-10H2,1H3;1H. The highest BCUT2D eigenvalue weighted by molar-refractivity contribution is 9.10. The molecular formula is C16H22BrClN2O2. The molecule has 3 rings (SSSR count). The highest BCUT2D eigenvalue weighted by atomic mass is 79.9. The predicted molar refractivity (Wildman–Crippen MR) is 92.6 cm³/mol. The second kappa shape index (κ2) is 7.66. The zero-order valence-electron chi connectivity index (χ0n) is 12.6. The van der Waals surface area contributed by atoms with E-state index in [-0.39, 0.29) is 18.3 Å². The summed E-state index contributed by atoms with van der Waals surface area (Å²) in [5.41, 5.74) is 0. The van der Waals surface area contributed by atoms with Gasteiger partial charge in [0.2, 0.25) is 0 Å². The number of fused-ring (bicyclic) bond motifs is 2. The first-order chi connectivity index (χ1) is 10.1. The summed E-state index contributed by atoms with van der Waals surface area (Å²) in [6.45, 7) is 3.77. The van der Waals surface area contributed by atoms with Crippen molar-refractivity contribution in [1.29, 1.82) is 0 Å². The Morgan fingerprint density at radius 2 is 1.95 bits per heavy atom. The fourth-order valence-electron chi connectivity index (χ4n) is 3.32. The lowest BCUT2D eigenvalue weighted by atomic mass is 10.1. The van der Waals surface area contributed by atoms with Crippen LogP contribution in [0.3, 0.4) is 0 Å². The van der Waals surface area contributed by atoms with Crippen LogP contribution in [0.5, 0.6) is 5.75 Å². The number of amides is 1. The van der Waals surface area contributed by atoms with Gasteiger partial charge in [-0.3, -0.25) is 4.79 Å². The van der Waals surface area contributed by atoms with Gasteiger partial charge < -0.3 is 15.0 Å². The van der Waals surface area contributed by atoms with Crippen LogP contribution < -0.4 is 10.1 Å². The average Bonchev–Trinajstić information content (AvgIpc) is 2.73. The summed E-state index contributed by atoms with van der Waals surface area (Å²) in [6, 6.07) is 8.33. The minimum absolute atomic E-state index is 0. The van der Waals surface area contributed by atoms with Gasteiger partial charge in [0.25, 0.3) is 5.91 Å². The van der Waals surface area contributed by atoms with Gasteiger partial charge in [-0.25, -0.2) is 0 Å². The maximum Gasteiger partial charge on any atom is 0.263 e. The van der Waals surface area contributed by atoms with E-state index in [1.54, 1.807) is 0 Å². The molecule has 0 radical (unpaired) electrons. The summed E-state index contributed by atoms with van der Waals surface area (Å²) >= 11 is 3.40. The van der Waals surface area contributed by atoms with Crippen LogP contribution in [0.4, 0.5) is 0 Å². The van der Waals surface area contributed by atoms with E-state index in [0.717, 1.165) is 42.6 Å². The first-order valence-corrected chi connectivity index (χ1v) is 8.39. The second-order valence-electron chi connectivity index (χ2n) is 5.84. The van der Waals surface area contributed by atoms with Gasteiger partial charge in [-0.1, -0.05) is 15.9 Å². The van der Waals surface area contributed by atoms with Crippen molar-refractivity contribution in [3.63, 3.8) is 0 Å². The third-order valence-corrected chi connectivity index (χ3v) is 4.91. The number of hydrogen-bond acceptors (Lipinski definition) is 3. The zero-order valence-corrected chi connectivity index (χ0v) is 15.0. The summed E-state index contributed by atoms with van der Waals surface area (Å²) in [5.74, 6) is 0.855. The molecule has 4 nitrogen and oxygen atoms in total. The molecule has 0 saturated carbocycles. The number of nitrogens with one attached hydrogen (secondary N) is 1. The molecule has 2 saturated heterocycles. The van der Waals surface area contributed by atoms with Crippen LogP contribution in [0.2, 0.25) is 0 Å². The quantitative estimate of drug-likeness (QED) is 0.864. The molecule has 2 fully saturated rings. The molecular weight excluding hydrogens is 368 g/mol. The lowest BCUT2D eigenvalue weighted by molar-refractivity contribution is -0.140. The van der Waals surface area contributed by atoms with Crippen LogP contribution in [0.15, 0.2) is 28.7 Å². The van der Waals surface area contributed by atoms with E-state index in [4.69, 9.17) is 4.74 Å². The van der Waals surface area contributed by atoms with Gasteiger partial charge in [-0.15, -0.1) is 12.4 Å². The van der Waals surface area contributed by atoms with Crippen LogP contribution >= 0.6 is 28.3 Å². The molecule has 2 bridgehead atoms. The summed E-state index contributed by atoms with van der Waals surface area (Å²) in [7, 11) is 0. The van der Waals surface area contributed by atoms with Gasteiger partial charge in [-0.05, 0) is 57.0 Å². The van der Waals surface area contributed by atoms with Crippen LogP contribution in [0, 0.1) is 0 Å². The summed E-state index contributed by atoms with van der Waals surface area (Å²) in [6.07, 6.45) is 2.84. The number of carbonyl (C=O) groups excluding carboxylic acids is 1. The van der Waals surface area contributed by atoms with E-state index >= 15 is 0 Å². The van der Waals surface area contributed by atoms with E-state index in [1.807, 2.05) is 31.2 Å². The Morgan fingerprint density at radius 3 is 2.68 bits per heavy atom. The Morgan fingerprint density at radius 1 is 1.27 bits per heavy atom. The highest BCUT2D eigenvalue weighted by Crippen LogP contribution is 2.29. The molecule has 0 aliphatic carbocycles. The molecule has 3 atom stereocenters. The molecule has 1 aromatic rings. The van der Waals surface area contributed by atoms with Crippen molar-refractivity contribution in [2.75, 3.05) is 13.1 Å². The van der Waals surface area contributed by atoms with Crippen molar-refractivity contribution in [3.05, 3.63) is 28.7 Å². The maximum absolute atomic E-state index is 12.7. The maximum atomic E-state index is 12.7. The largest absolute Gasteiger partial charge is 0.481 e. The number of halogens is 2. The number of rotatable bonds is 3. The van der Waals surface area contributed by atoms with Crippen LogP contribution in [-0.4, -0.2) is 42.1 Å². The van der Waals surface area contributed by atoms with Crippen LogP contribution in [0.1, 0.15) is 26.2 Å². The van der Waals surface area contributed by atoms with Gasteiger partial charge >= 0.3 is 0 Å². The zero-order chi connectivity index (χ0) is 14.8. The monoisotopic (exact) mass is 388 g/mol. The van der Waals surface area contributed by atoms with E-state index in [9.17, 15) is 4.79 Å².